The molecule has 0 unspecified atom stereocenters. The molecule has 0 N–H and O–H groups in total. The van der Waals surface area contributed by atoms with E-state index in [1.165, 1.54) is 12.8 Å². The predicted molar refractivity (Wildman–Crippen MR) is 32.6 cm³/mol. The first kappa shape index (κ1) is 5.80. The van der Waals surface area contributed by atoms with Gasteiger partial charge in [0.1, 0.15) is 6.29 Å². The Morgan fingerprint density at radius 3 is 2.50 bits per heavy atom. The first-order valence-corrected chi connectivity index (χ1v) is 3.28. The molecule has 0 heterocycles. The SMILES string of the molecule is C[C@H]1CC[C@@H]1CC=O. The molecule has 0 amide bonds. The van der Waals surface area contributed by atoms with Crippen molar-refractivity contribution in [3.8, 4) is 0 Å². The summed E-state index contributed by atoms with van der Waals surface area (Å²) < 4.78 is 0. The lowest BCUT2D eigenvalue weighted by molar-refractivity contribution is -0.109. The van der Waals surface area contributed by atoms with Crippen LogP contribution >= 0.6 is 0 Å². The van der Waals surface area contributed by atoms with Gasteiger partial charge in [-0.15, -0.1) is 0 Å². The number of carbonyl (C=O) groups is 1. The molecule has 0 aromatic heterocycles. The van der Waals surface area contributed by atoms with Crippen LogP contribution in [-0.2, 0) is 4.79 Å². The maximum Gasteiger partial charge on any atom is 0.120 e. The van der Waals surface area contributed by atoms with Crippen molar-refractivity contribution in [1.82, 2.24) is 0 Å². The summed E-state index contributed by atoms with van der Waals surface area (Å²) in [4.78, 5) is 9.95. The molecule has 0 radical (unpaired) electrons. The smallest absolute Gasteiger partial charge is 0.120 e. The third-order valence-corrected chi connectivity index (χ3v) is 2.20. The minimum Gasteiger partial charge on any atom is -0.303 e. The summed E-state index contributed by atoms with van der Waals surface area (Å²) in [6.07, 6.45) is 4.44. The van der Waals surface area contributed by atoms with E-state index in [0.29, 0.717) is 0 Å². The van der Waals surface area contributed by atoms with E-state index in [2.05, 4.69) is 6.92 Å². The standard InChI is InChI=1S/C7H12O/c1-6-2-3-7(6)4-5-8/h5-7H,2-4H2,1H3/t6-,7+/m0/s1. The zero-order valence-electron chi connectivity index (χ0n) is 5.26. The van der Waals surface area contributed by atoms with Crippen LogP contribution in [0.2, 0.25) is 0 Å². The highest BCUT2D eigenvalue weighted by Gasteiger charge is 2.25. The van der Waals surface area contributed by atoms with Crippen molar-refractivity contribution < 1.29 is 4.79 Å². The van der Waals surface area contributed by atoms with Gasteiger partial charge < -0.3 is 4.79 Å². The zero-order chi connectivity index (χ0) is 5.98. The van der Waals surface area contributed by atoms with Crippen molar-refractivity contribution in [3.63, 3.8) is 0 Å². The quantitative estimate of drug-likeness (QED) is 0.496. The fourth-order valence-corrected chi connectivity index (χ4v) is 1.21. The molecule has 8 heavy (non-hydrogen) atoms. The predicted octanol–water partition coefficient (Wildman–Crippen LogP) is 1.62. The minimum atomic E-state index is 0.729. The summed E-state index contributed by atoms with van der Waals surface area (Å²) in [7, 11) is 0. The van der Waals surface area contributed by atoms with E-state index in [-0.39, 0.29) is 0 Å². The Morgan fingerprint density at radius 1 is 1.62 bits per heavy atom. The lowest BCUT2D eigenvalue weighted by Crippen LogP contribution is -2.22. The summed E-state index contributed by atoms with van der Waals surface area (Å²) in [5.41, 5.74) is 0. The van der Waals surface area contributed by atoms with Crippen LogP contribution in [0.4, 0.5) is 0 Å². The molecule has 1 rings (SSSR count). The summed E-state index contributed by atoms with van der Waals surface area (Å²) in [5.74, 6) is 1.55. The van der Waals surface area contributed by atoms with Gasteiger partial charge in [0.25, 0.3) is 0 Å². The molecule has 1 nitrogen and oxygen atoms in total. The van der Waals surface area contributed by atoms with Gasteiger partial charge in [-0.3, -0.25) is 0 Å². The van der Waals surface area contributed by atoms with Gasteiger partial charge in [0.05, 0.1) is 0 Å². The topological polar surface area (TPSA) is 17.1 Å². The van der Waals surface area contributed by atoms with Crippen LogP contribution in [0.3, 0.4) is 0 Å². The Labute approximate surface area is 50.1 Å². The first-order chi connectivity index (χ1) is 3.84. The molecule has 0 bridgehead atoms. The number of carbonyl (C=O) groups excluding carboxylic acids is 1. The van der Waals surface area contributed by atoms with Crippen molar-refractivity contribution in [2.24, 2.45) is 11.8 Å². The summed E-state index contributed by atoms with van der Waals surface area (Å²) in [6, 6.07) is 0. The Morgan fingerprint density at radius 2 is 2.38 bits per heavy atom. The molecule has 0 aliphatic heterocycles. The lowest BCUT2D eigenvalue weighted by Gasteiger charge is -2.32. The van der Waals surface area contributed by atoms with Gasteiger partial charge in [-0.1, -0.05) is 13.3 Å². The summed E-state index contributed by atoms with van der Waals surface area (Å²) in [5, 5.41) is 0. The number of hydrogen-bond donors (Lipinski definition) is 0. The Kier molecular flexibility index (Phi) is 1.66. The van der Waals surface area contributed by atoms with Crippen LogP contribution in [0.5, 0.6) is 0 Å². The van der Waals surface area contributed by atoms with E-state index in [1.54, 1.807) is 0 Å². The average Bonchev–Trinajstić information content (AvgIpc) is 1.79. The van der Waals surface area contributed by atoms with Gasteiger partial charge in [0, 0.05) is 6.42 Å². The number of rotatable bonds is 2. The fourth-order valence-electron chi connectivity index (χ4n) is 1.21. The molecule has 0 aromatic carbocycles. The molecule has 1 aliphatic rings. The van der Waals surface area contributed by atoms with Crippen molar-refractivity contribution in [1.29, 1.82) is 0 Å². The molecule has 2 atom stereocenters. The molecule has 46 valence electrons. The monoisotopic (exact) mass is 112 g/mol. The van der Waals surface area contributed by atoms with Crippen LogP contribution in [0.1, 0.15) is 26.2 Å². The highest BCUT2D eigenvalue weighted by Crippen LogP contribution is 2.35. The molecule has 1 saturated carbocycles. The van der Waals surface area contributed by atoms with Crippen molar-refractivity contribution >= 4 is 6.29 Å². The Bertz CT molecular complexity index is 88.4. The van der Waals surface area contributed by atoms with E-state index in [4.69, 9.17) is 0 Å². The largest absolute Gasteiger partial charge is 0.303 e. The maximum absolute atomic E-state index is 9.95. The zero-order valence-corrected chi connectivity index (χ0v) is 5.26. The molecule has 1 fully saturated rings. The van der Waals surface area contributed by atoms with E-state index in [9.17, 15) is 4.79 Å². The van der Waals surface area contributed by atoms with Gasteiger partial charge in [-0.05, 0) is 18.3 Å². The molecule has 1 aliphatic carbocycles. The van der Waals surface area contributed by atoms with Crippen molar-refractivity contribution in [2.75, 3.05) is 0 Å². The maximum atomic E-state index is 9.95. The second-order valence-corrected chi connectivity index (χ2v) is 2.72. The van der Waals surface area contributed by atoms with Crippen LogP contribution in [0.15, 0.2) is 0 Å². The first-order valence-electron chi connectivity index (χ1n) is 3.28. The highest BCUT2D eigenvalue weighted by molar-refractivity contribution is 5.50. The van der Waals surface area contributed by atoms with Gasteiger partial charge in [0.2, 0.25) is 0 Å². The Balaban J connectivity index is 2.16. The molecule has 0 saturated heterocycles. The normalized spacial score (nSPS) is 36.1. The highest BCUT2D eigenvalue weighted by atomic mass is 16.1. The summed E-state index contributed by atoms with van der Waals surface area (Å²) in [6.45, 7) is 2.22. The second-order valence-electron chi connectivity index (χ2n) is 2.72. The van der Waals surface area contributed by atoms with Gasteiger partial charge >= 0.3 is 0 Å². The van der Waals surface area contributed by atoms with E-state index in [0.717, 1.165) is 24.5 Å². The number of hydrogen-bond acceptors (Lipinski definition) is 1. The van der Waals surface area contributed by atoms with Gasteiger partial charge in [-0.2, -0.15) is 0 Å². The lowest BCUT2D eigenvalue weighted by atomic mass is 9.73. The molecule has 0 spiro atoms. The molecular formula is C7H12O. The van der Waals surface area contributed by atoms with Crippen LogP contribution in [-0.4, -0.2) is 6.29 Å². The molecule has 0 aromatic rings. The Hall–Kier alpha value is -0.330. The van der Waals surface area contributed by atoms with Gasteiger partial charge in [-0.25, -0.2) is 0 Å². The van der Waals surface area contributed by atoms with Crippen LogP contribution in [0, 0.1) is 11.8 Å². The van der Waals surface area contributed by atoms with E-state index < -0.39 is 0 Å². The second kappa shape index (κ2) is 2.29. The third-order valence-electron chi connectivity index (χ3n) is 2.20. The van der Waals surface area contributed by atoms with Crippen molar-refractivity contribution in [3.05, 3.63) is 0 Å². The third kappa shape index (κ3) is 0.908. The van der Waals surface area contributed by atoms with E-state index >= 15 is 0 Å². The van der Waals surface area contributed by atoms with Crippen LogP contribution < -0.4 is 0 Å². The number of aldehydes is 1. The van der Waals surface area contributed by atoms with Crippen molar-refractivity contribution in [2.45, 2.75) is 26.2 Å². The van der Waals surface area contributed by atoms with Crippen LogP contribution in [0.25, 0.3) is 0 Å². The molecular weight excluding hydrogens is 100 g/mol. The van der Waals surface area contributed by atoms with E-state index in [1.807, 2.05) is 0 Å². The fraction of sp³-hybridized carbons (Fsp3) is 0.857. The summed E-state index contributed by atoms with van der Waals surface area (Å²) >= 11 is 0. The minimum absolute atomic E-state index is 0.729. The molecule has 1 heteroatoms. The van der Waals surface area contributed by atoms with Gasteiger partial charge in [0.15, 0.2) is 0 Å². The average molecular weight is 112 g/mol.